The van der Waals surface area contributed by atoms with E-state index >= 15 is 0 Å². The second-order valence-corrected chi connectivity index (χ2v) is 6.83. The highest BCUT2D eigenvalue weighted by Gasteiger charge is 2.26. The van der Waals surface area contributed by atoms with E-state index in [1.807, 2.05) is 35.2 Å². The predicted octanol–water partition coefficient (Wildman–Crippen LogP) is 0.375. The number of nitrogens with zero attached hydrogens (tertiary/aromatic N) is 2. The van der Waals surface area contributed by atoms with Gasteiger partial charge in [-0.25, -0.2) is 0 Å². The van der Waals surface area contributed by atoms with Gasteiger partial charge in [-0.2, -0.15) is 0 Å². The monoisotopic (exact) mass is 386 g/mol. The van der Waals surface area contributed by atoms with Gasteiger partial charge in [0.2, 0.25) is 0 Å². The van der Waals surface area contributed by atoms with Crippen LogP contribution in [0.4, 0.5) is 5.69 Å². The van der Waals surface area contributed by atoms with Gasteiger partial charge in [-0.3, -0.25) is 14.9 Å². The van der Waals surface area contributed by atoms with Crippen molar-refractivity contribution in [3.8, 4) is 5.75 Å². The lowest BCUT2D eigenvalue weighted by molar-refractivity contribution is -0.907. The predicted molar refractivity (Wildman–Crippen MR) is 103 cm³/mol. The molecule has 0 aliphatic carbocycles. The summed E-state index contributed by atoms with van der Waals surface area (Å²) in [5.74, 6) is 0.527. The summed E-state index contributed by atoms with van der Waals surface area (Å²) in [7, 11) is 0. The number of nitro benzene ring substituents is 1. The molecule has 0 saturated carbocycles. The number of piperazine rings is 1. The second-order valence-electron chi connectivity index (χ2n) is 6.83. The first-order valence-electron chi connectivity index (χ1n) is 9.26. The van der Waals surface area contributed by atoms with Crippen molar-refractivity contribution < 1.29 is 24.5 Å². The van der Waals surface area contributed by atoms with Crippen molar-refractivity contribution in [2.24, 2.45) is 0 Å². The van der Waals surface area contributed by atoms with E-state index in [2.05, 4.69) is 0 Å². The van der Waals surface area contributed by atoms with E-state index in [4.69, 9.17) is 4.74 Å². The minimum absolute atomic E-state index is 0.000244. The van der Waals surface area contributed by atoms with Crippen LogP contribution in [0.15, 0.2) is 54.6 Å². The summed E-state index contributed by atoms with van der Waals surface area (Å²) < 4.78 is 5.51. The molecule has 2 aromatic carbocycles. The van der Waals surface area contributed by atoms with Gasteiger partial charge in [-0.05, 0) is 24.3 Å². The van der Waals surface area contributed by atoms with E-state index < -0.39 is 11.0 Å². The van der Waals surface area contributed by atoms with Crippen LogP contribution in [0.3, 0.4) is 0 Å². The Kier molecular flexibility index (Phi) is 6.57. The minimum Gasteiger partial charge on any atom is -0.491 e. The number of carbonyl (C=O) groups is 1. The third-order valence-electron chi connectivity index (χ3n) is 4.79. The zero-order valence-corrected chi connectivity index (χ0v) is 15.5. The van der Waals surface area contributed by atoms with Gasteiger partial charge in [0.05, 0.1) is 31.1 Å². The number of hydrogen-bond acceptors (Lipinski definition) is 5. The third kappa shape index (κ3) is 5.28. The SMILES string of the molecule is O=C(c1ccccc1)N1CC[NH+](C[C@@H](O)COc2ccc([N+](=O)[O-])cc2)CC1. The van der Waals surface area contributed by atoms with Crippen LogP contribution >= 0.6 is 0 Å². The molecular formula is C20H24N3O5+. The van der Waals surface area contributed by atoms with Gasteiger partial charge in [-0.1, -0.05) is 18.2 Å². The van der Waals surface area contributed by atoms with Crippen molar-refractivity contribution in [3.05, 3.63) is 70.3 Å². The van der Waals surface area contributed by atoms with E-state index in [0.29, 0.717) is 30.9 Å². The fourth-order valence-corrected chi connectivity index (χ4v) is 3.24. The van der Waals surface area contributed by atoms with Gasteiger partial charge < -0.3 is 19.6 Å². The van der Waals surface area contributed by atoms with Crippen molar-refractivity contribution in [2.75, 3.05) is 39.3 Å². The lowest BCUT2D eigenvalue weighted by Gasteiger charge is -2.33. The number of nitrogens with one attached hydrogen (secondary N) is 1. The average molecular weight is 386 g/mol. The topological polar surface area (TPSA) is 97.4 Å². The van der Waals surface area contributed by atoms with Crippen LogP contribution in [0.2, 0.25) is 0 Å². The molecule has 1 aliphatic rings. The molecule has 1 saturated heterocycles. The highest BCUT2D eigenvalue weighted by Crippen LogP contribution is 2.17. The van der Waals surface area contributed by atoms with Crippen LogP contribution in [0, 0.1) is 10.1 Å². The number of rotatable bonds is 7. The molecule has 8 nitrogen and oxygen atoms in total. The molecule has 0 spiro atoms. The van der Waals surface area contributed by atoms with Crippen molar-refractivity contribution >= 4 is 11.6 Å². The molecule has 1 heterocycles. The van der Waals surface area contributed by atoms with Gasteiger partial charge in [0, 0.05) is 17.7 Å². The molecule has 1 atom stereocenters. The van der Waals surface area contributed by atoms with Crippen LogP contribution in [0.5, 0.6) is 5.75 Å². The summed E-state index contributed by atoms with van der Waals surface area (Å²) in [6.45, 7) is 3.49. The lowest BCUT2D eigenvalue weighted by Crippen LogP contribution is -3.16. The molecule has 1 fully saturated rings. The van der Waals surface area contributed by atoms with Gasteiger partial charge >= 0.3 is 0 Å². The lowest BCUT2D eigenvalue weighted by atomic mass is 10.2. The fourth-order valence-electron chi connectivity index (χ4n) is 3.24. The normalized spacial score (nSPS) is 15.8. The first-order valence-corrected chi connectivity index (χ1v) is 9.26. The van der Waals surface area contributed by atoms with Crippen LogP contribution in [-0.4, -0.2) is 66.3 Å². The molecule has 0 radical (unpaired) electrons. The molecule has 2 N–H and O–H groups in total. The van der Waals surface area contributed by atoms with Crippen LogP contribution in [-0.2, 0) is 0 Å². The molecule has 1 amide bonds. The zero-order chi connectivity index (χ0) is 19.9. The number of nitro groups is 1. The molecular weight excluding hydrogens is 362 g/mol. The molecule has 1 aliphatic heterocycles. The summed E-state index contributed by atoms with van der Waals surface area (Å²) >= 11 is 0. The Morgan fingerprint density at radius 1 is 1.14 bits per heavy atom. The number of aliphatic hydroxyl groups excluding tert-OH is 1. The second kappa shape index (κ2) is 9.29. The maximum absolute atomic E-state index is 12.5. The number of benzene rings is 2. The van der Waals surface area contributed by atoms with E-state index in [0.717, 1.165) is 13.1 Å². The Morgan fingerprint density at radius 3 is 2.39 bits per heavy atom. The maximum atomic E-state index is 12.5. The highest BCUT2D eigenvalue weighted by molar-refractivity contribution is 5.94. The number of ether oxygens (including phenoxy) is 1. The van der Waals surface area contributed by atoms with Crippen molar-refractivity contribution in [1.82, 2.24) is 4.90 Å². The van der Waals surface area contributed by atoms with E-state index in [9.17, 15) is 20.0 Å². The van der Waals surface area contributed by atoms with Crippen molar-refractivity contribution in [3.63, 3.8) is 0 Å². The molecule has 148 valence electrons. The molecule has 2 aromatic rings. The maximum Gasteiger partial charge on any atom is 0.269 e. The Balaban J connectivity index is 1.40. The Bertz CT molecular complexity index is 789. The molecule has 8 heteroatoms. The Morgan fingerprint density at radius 2 is 1.79 bits per heavy atom. The quantitative estimate of drug-likeness (QED) is 0.530. The average Bonchev–Trinajstić information content (AvgIpc) is 2.73. The first-order chi connectivity index (χ1) is 13.5. The van der Waals surface area contributed by atoms with Crippen LogP contribution in [0.1, 0.15) is 10.4 Å². The highest BCUT2D eigenvalue weighted by atomic mass is 16.6. The molecule has 0 aromatic heterocycles. The third-order valence-corrected chi connectivity index (χ3v) is 4.79. The minimum atomic E-state index is -0.651. The molecule has 28 heavy (non-hydrogen) atoms. The van der Waals surface area contributed by atoms with Crippen molar-refractivity contribution in [1.29, 1.82) is 0 Å². The molecule has 3 rings (SSSR count). The van der Waals surface area contributed by atoms with Crippen LogP contribution < -0.4 is 9.64 Å². The number of amides is 1. The smallest absolute Gasteiger partial charge is 0.269 e. The summed E-state index contributed by atoms with van der Waals surface area (Å²) in [5, 5.41) is 20.9. The summed E-state index contributed by atoms with van der Waals surface area (Å²) in [4.78, 5) is 25.7. The van der Waals surface area contributed by atoms with Crippen molar-refractivity contribution in [2.45, 2.75) is 6.10 Å². The van der Waals surface area contributed by atoms with Crippen LogP contribution in [0.25, 0.3) is 0 Å². The Hall–Kier alpha value is -2.97. The fraction of sp³-hybridized carbons (Fsp3) is 0.350. The van der Waals surface area contributed by atoms with E-state index in [-0.39, 0.29) is 18.2 Å². The van der Waals surface area contributed by atoms with E-state index in [1.54, 1.807) is 0 Å². The summed E-state index contributed by atoms with van der Waals surface area (Å²) in [6, 6.07) is 15.0. The summed E-state index contributed by atoms with van der Waals surface area (Å²) in [6.07, 6.45) is -0.651. The number of hydrogen-bond donors (Lipinski definition) is 2. The van der Waals surface area contributed by atoms with Gasteiger partial charge in [0.25, 0.3) is 11.6 Å². The molecule has 0 unspecified atom stereocenters. The zero-order valence-electron chi connectivity index (χ0n) is 15.5. The van der Waals surface area contributed by atoms with E-state index in [1.165, 1.54) is 29.2 Å². The summed E-state index contributed by atoms with van der Waals surface area (Å²) in [5.41, 5.74) is 0.697. The Labute approximate surface area is 163 Å². The molecule has 0 bridgehead atoms. The number of non-ortho nitro benzene ring substituents is 1. The standard InChI is InChI=1S/C20H23N3O5/c24-18(15-28-19-8-6-17(7-9-19)23(26)27)14-21-10-12-22(13-11-21)20(25)16-4-2-1-3-5-16/h1-9,18,24H,10-15H2/p+1/t18-/m1/s1. The first kappa shape index (κ1) is 19.8. The largest absolute Gasteiger partial charge is 0.491 e. The number of aliphatic hydroxyl groups is 1. The van der Waals surface area contributed by atoms with Gasteiger partial charge in [-0.15, -0.1) is 0 Å². The van der Waals surface area contributed by atoms with Gasteiger partial charge in [0.1, 0.15) is 25.0 Å². The van der Waals surface area contributed by atoms with Gasteiger partial charge in [0.15, 0.2) is 0 Å². The number of carbonyl (C=O) groups excluding carboxylic acids is 1. The number of quaternary nitrogens is 1.